The van der Waals surface area contributed by atoms with E-state index in [0.717, 1.165) is 11.1 Å². The van der Waals surface area contributed by atoms with Gasteiger partial charge in [0.2, 0.25) is 11.8 Å². The van der Waals surface area contributed by atoms with Gasteiger partial charge in [-0.25, -0.2) is 0 Å². The number of para-hydroxylation sites is 2. The standard InChI is InChI=1S/2C26H32N2O3/c2*1-18(2)24-25(29)27-22(20-13-6-5-7-14-20)16-10-8-12-19(3)31-23-17-11-9-15-21(23)26(30)28(24)4/h2*5-11,13-15,17-19,22,24H,12,16H2,1-4H3,(H,27,29)/b10-8+;10-8-/t2*19-,22+,24+/m00/s1. The van der Waals surface area contributed by atoms with Crippen LogP contribution in [0.2, 0.25) is 0 Å². The van der Waals surface area contributed by atoms with E-state index in [-0.39, 0.29) is 59.8 Å². The monoisotopic (exact) mass is 840 g/mol. The Morgan fingerprint density at radius 3 is 1.16 bits per heavy atom. The highest BCUT2D eigenvalue weighted by atomic mass is 16.5. The molecule has 0 bridgehead atoms. The van der Waals surface area contributed by atoms with E-state index in [1.807, 2.05) is 139 Å². The second-order valence-electron chi connectivity index (χ2n) is 16.9. The molecule has 4 amide bonds. The van der Waals surface area contributed by atoms with Gasteiger partial charge in [0.1, 0.15) is 23.6 Å². The molecule has 0 radical (unpaired) electrons. The van der Waals surface area contributed by atoms with Crippen molar-refractivity contribution in [2.45, 2.75) is 104 Å². The van der Waals surface area contributed by atoms with Crippen LogP contribution in [0, 0.1) is 11.8 Å². The van der Waals surface area contributed by atoms with Gasteiger partial charge in [0.25, 0.3) is 11.8 Å². The van der Waals surface area contributed by atoms with Crippen molar-refractivity contribution in [3.8, 4) is 11.5 Å². The zero-order valence-electron chi connectivity index (χ0n) is 37.5. The molecule has 0 spiro atoms. The number of hydrogen-bond donors (Lipinski definition) is 2. The Labute approximate surface area is 368 Å². The van der Waals surface area contributed by atoms with Crippen LogP contribution in [0.15, 0.2) is 133 Å². The number of hydrogen-bond acceptors (Lipinski definition) is 6. The molecule has 0 saturated heterocycles. The molecule has 0 saturated carbocycles. The third-order valence-electron chi connectivity index (χ3n) is 11.2. The molecule has 0 aliphatic carbocycles. The van der Waals surface area contributed by atoms with E-state index >= 15 is 0 Å². The van der Waals surface area contributed by atoms with Gasteiger partial charge < -0.3 is 29.9 Å². The van der Waals surface area contributed by atoms with E-state index in [2.05, 4.69) is 34.9 Å². The summed E-state index contributed by atoms with van der Waals surface area (Å²) in [6.07, 6.45) is 10.9. The van der Waals surface area contributed by atoms with Crippen LogP contribution in [0.5, 0.6) is 11.5 Å². The summed E-state index contributed by atoms with van der Waals surface area (Å²) in [4.78, 5) is 56.6. The van der Waals surface area contributed by atoms with Crippen molar-refractivity contribution < 1.29 is 28.7 Å². The van der Waals surface area contributed by atoms with E-state index < -0.39 is 12.1 Å². The number of likely N-dealkylation sites (N-methyl/N-ethyl adjacent to an activating group) is 2. The number of amides is 4. The first-order valence-electron chi connectivity index (χ1n) is 21.8. The second kappa shape index (κ2) is 22.6. The fraction of sp³-hybridized carbons (Fsp3) is 0.385. The molecule has 6 atom stereocenters. The van der Waals surface area contributed by atoms with Gasteiger partial charge in [-0.2, -0.15) is 0 Å². The van der Waals surface area contributed by atoms with Gasteiger partial charge in [-0.15, -0.1) is 0 Å². The molecule has 2 N–H and O–H groups in total. The summed E-state index contributed by atoms with van der Waals surface area (Å²) in [6, 6.07) is 32.8. The van der Waals surface area contributed by atoms with Gasteiger partial charge in [-0.3, -0.25) is 19.2 Å². The molecule has 0 unspecified atom stereocenters. The Bertz CT molecular complexity index is 2000. The number of carbonyl (C=O) groups is 4. The smallest absolute Gasteiger partial charge is 0.258 e. The molecule has 0 fully saturated rings. The lowest BCUT2D eigenvalue weighted by Gasteiger charge is -2.32. The topological polar surface area (TPSA) is 117 Å². The Kier molecular flexibility index (Phi) is 17.1. The van der Waals surface area contributed by atoms with Crippen molar-refractivity contribution in [3.63, 3.8) is 0 Å². The Morgan fingerprint density at radius 1 is 0.484 bits per heavy atom. The summed E-state index contributed by atoms with van der Waals surface area (Å²) < 4.78 is 12.2. The summed E-state index contributed by atoms with van der Waals surface area (Å²) in [5.74, 6) is 0.223. The summed E-state index contributed by atoms with van der Waals surface area (Å²) in [5.41, 5.74) is 3.02. The van der Waals surface area contributed by atoms with Gasteiger partial charge in [0, 0.05) is 26.9 Å². The molecule has 4 aromatic rings. The molecule has 2 heterocycles. The maximum absolute atomic E-state index is 13.4. The summed E-state index contributed by atoms with van der Waals surface area (Å²) >= 11 is 0. The molecule has 10 nitrogen and oxygen atoms in total. The van der Waals surface area contributed by atoms with E-state index in [1.54, 1.807) is 26.2 Å². The lowest BCUT2D eigenvalue weighted by atomic mass is 9.98. The first-order valence-corrected chi connectivity index (χ1v) is 21.8. The maximum Gasteiger partial charge on any atom is 0.258 e. The van der Waals surface area contributed by atoms with Crippen LogP contribution < -0.4 is 20.1 Å². The molecule has 6 rings (SSSR count). The van der Waals surface area contributed by atoms with Gasteiger partial charge in [-0.05, 0) is 73.9 Å². The van der Waals surface area contributed by atoms with E-state index in [0.29, 0.717) is 48.3 Å². The van der Waals surface area contributed by atoms with Crippen molar-refractivity contribution in [3.05, 3.63) is 156 Å². The van der Waals surface area contributed by atoms with Crippen LogP contribution >= 0.6 is 0 Å². The van der Waals surface area contributed by atoms with Crippen LogP contribution in [-0.4, -0.2) is 71.8 Å². The highest BCUT2D eigenvalue weighted by molar-refractivity contribution is 6.00. The van der Waals surface area contributed by atoms with Crippen molar-refractivity contribution >= 4 is 23.6 Å². The normalized spacial score (nSPS) is 24.0. The van der Waals surface area contributed by atoms with Crippen molar-refractivity contribution in [2.24, 2.45) is 11.8 Å². The first-order chi connectivity index (χ1) is 29.8. The molecule has 10 heteroatoms. The zero-order valence-corrected chi connectivity index (χ0v) is 37.5. The van der Waals surface area contributed by atoms with Crippen molar-refractivity contribution in [1.29, 1.82) is 0 Å². The van der Waals surface area contributed by atoms with Crippen LogP contribution in [0.1, 0.15) is 111 Å². The Hall–Kier alpha value is -6.16. The third kappa shape index (κ3) is 12.5. The molecule has 4 aromatic carbocycles. The van der Waals surface area contributed by atoms with Crippen LogP contribution in [0.25, 0.3) is 0 Å². The van der Waals surface area contributed by atoms with Crippen LogP contribution in [0.4, 0.5) is 0 Å². The average molecular weight is 841 g/mol. The third-order valence-corrected chi connectivity index (χ3v) is 11.2. The predicted molar refractivity (Wildman–Crippen MR) is 246 cm³/mol. The SMILES string of the molecule is CC(C)[C@@H]1C(=O)N[C@@H](c2ccccc2)C/C=C/C[C@H](C)Oc2ccccc2C(=O)N1C.CC(C)[C@@H]1C(=O)N[C@@H](c2ccccc2)C/C=C\C[C@H](C)Oc2ccccc2C(=O)N1C. The molecule has 0 aromatic heterocycles. The second-order valence-corrected chi connectivity index (χ2v) is 16.9. The van der Waals surface area contributed by atoms with Crippen LogP contribution in [0.3, 0.4) is 0 Å². The average Bonchev–Trinajstić information content (AvgIpc) is 3.25. The number of ether oxygens (including phenoxy) is 2. The minimum Gasteiger partial charge on any atom is -0.490 e. The van der Waals surface area contributed by atoms with Gasteiger partial charge in [0.15, 0.2) is 0 Å². The lowest BCUT2D eigenvalue weighted by molar-refractivity contribution is -0.128. The summed E-state index contributed by atoms with van der Waals surface area (Å²) in [7, 11) is 3.38. The molecule has 2 aliphatic rings. The molecule has 2 aliphatic heterocycles. The quantitative estimate of drug-likeness (QED) is 0.198. The zero-order chi connectivity index (χ0) is 44.8. The molecular weight excluding hydrogens is 777 g/mol. The number of nitrogens with one attached hydrogen (secondary N) is 2. The highest BCUT2D eigenvalue weighted by Crippen LogP contribution is 2.28. The fourth-order valence-corrected chi connectivity index (χ4v) is 7.99. The van der Waals surface area contributed by atoms with Crippen LogP contribution in [-0.2, 0) is 9.59 Å². The minimum absolute atomic E-state index is 0.0548. The van der Waals surface area contributed by atoms with Gasteiger partial charge in [0.05, 0.1) is 35.4 Å². The van der Waals surface area contributed by atoms with Gasteiger partial charge in [-0.1, -0.05) is 137 Å². The Balaban J connectivity index is 0.000000234. The number of rotatable bonds is 4. The predicted octanol–water partition coefficient (Wildman–Crippen LogP) is 9.52. The molecule has 328 valence electrons. The fourth-order valence-electron chi connectivity index (χ4n) is 7.99. The van der Waals surface area contributed by atoms with Crippen molar-refractivity contribution in [2.75, 3.05) is 14.1 Å². The maximum atomic E-state index is 13.4. The largest absolute Gasteiger partial charge is 0.490 e. The van der Waals surface area contributed by atoms with E-state index in [9.17, 15) is 19.2 Å². The first kappa shape index (κ1) is 46.9. The number of fused-ring (bicyclic) bond motifs is 2. The molecule has 62 heavy (non-hydrogen) atoms. The number of carbonyl (C=O) groups excluding carboxylic acids is 4. The minimum atomic E-state index is -0.601. The van der Waals surface area contributed by atoms with Gasteiger partial charge >= 0.3 is 0 Å². The number of nitrogens with zero attached hydrogens (tertiary/aromatic N) is 2. The Morgan fingerprint density at radius 2 is 0.806 bits per heavy atom. The summed E-state index contributed by atoms with van der Waals surface area (Å²) in [6.45, 7) is 11.8. The lowest BCUT2D eigenvalue weighted by Crippen LogP contribution is -2.51. The highest BCUT2D eigenvalue weighted by Gasteiger charge is 2.34. The van der Waals surface area contributed by atoms with E-state index in [1.165, 1.54) is 9.80 Å². The van der Waals surface area contributed by atoms with Crippen molar-refractivity contribution in [1.82, 2.24) is 20.4 Å². The summed E-state index contributed by atoms with van der Waals surface area (Å²) in [5, 5.41) is 6.38. The number of benzene rings is 4. The van der Waals surface area contributed by atoms with E-state index in [4.69, 9.17) is 9.47 Å². The molecular formula is C52H64N4O6.